The van der Waals surface area contributed by atoms with E-state index in [2.05, 4.69) is 38.0 Å². The molecule has 0 bridgehead atoms. The summed E-state index contributed by atoms with van der Waals surface area (Å²) in [7, 11) is 2.09. The van der Waals surface area contributed by atoms with Crippen LogP contribution in [0.1, 0.15) is 46.5 Å². The lowest BCUT2D eigenvalue weighted by molar-refractivity contribution is 0.161. The molecule has 1 fully saturated rings. The van der Waals surface area contributed by atoms with Crippen molar-refractivity contribution in [3.05, 3.63) is 0 Å². The molecule has 0 amide bonds. The zero-order chi connectivity index (χ0) is 10.6. The highest BCUT2D eigenvalue weighted by molar-refractivity contribution is 4.90. The molecule has 0 heterocycles. The molecular weight excluding hydrogens is 172 g/mol. The van der Waals surface area contributed by atoms with Gasteiger partial charge >= 0.3 is 0 Å². The second-order valence-electron chi connectivity index (χ2n) is 4.51. The van der Waals surface area contributed by atoms with Gasteiger partial charge in [-0.15, -0.1) is 0 Å². The molecule has 2 heteroatoms. The fraction of sp³-hybridized carbons (Fsp3) is 1.00. The van der Waals surface area contributed by atoms with Crippen LogP contribution in [-0.4, -0.2) is 36.6 Å². The van der Waals surface area contributed by atoms with E-state index in [0.717, 1.165) is 6.04 Å². The maximum Gasteiger partial charge on any atom is 0.0223 e. The molecule has 0 aromatic heterocycles. The summed E-state index contributed by atoms with van der Waals surface area (Å²) in [6.45, 7) is 8.19. The Morgan fingerprint density at radius 3 is 2.36 bits per heavy atom. The molecule has 0 aliphatic heterocycles. The monoisotopic (exact) mass is 198 g/mol. The number of nitrogens with zero attached hydrogens (tertiary/aromatic N) is 1. The van der Waals surface area contributed by atoms with Crippen molar-refractivity contribution in [3.8, 4) is 0 Å². The number of nitrogens with one attached hydrogen (secondary N) is 1. The molecule has 0 radical (unpaired) electrons. The van der Waals surface area contributed by atoms with Gasteiger partial charge in [0.05, 0.1) is 0 Å². The number of likely N-dealkylation sites (N-methyl/N-ethyl adjacent to an activating group) is 1. The predicted molar refractivity (Wildman–Crippen MR) is 62.6 cm³/mol. The van der Waals surface area contributed by atoms with Gasteiger partial charge in [-0.2, -0.15) is 0 Å². The third-order valence-corrected chi connectivity index (χ3v) is 3.41. The van der Waals surface area contributed by atoms with Gasteiger partial charge in [0.15, 0.2) is 0 Å². The fourth-order valence-corrected chi connectivity index (χ4v) is 2.40. The first-order valence-electron chi connectivity index (χ1n) is 6.17. The summed E-state index contributed by atoms with van der Waals surface area (Å²) in [5, 5.41) is 3.43. The molecule has 0 aromatic rings. The van der Waals surface area contributed by atoms with Gasteiger partial charge in [-0.05, 0) is 46.2 Å². The second-order valence-corrected chi connectivity index (χ2v) is 4.51. The molecule has 1 aliphatic carbocycles. The third-order valence-electron chi connectivity index (χ3n) is 3.41. The fourth-order valence-electron chi connectivity index (χ4n) is 2.40. The lowest BCUT2D eigenvalue weighted by atomic mass is 10.1. The quantitative estimate of drug-likeness (QED) is 0.675. The first-order chi connectivity index (χ1) is 6.74. The van der Waals surface area contributed by atoms with Crippen molar-refractivity contribution in [1.82, 2.24) is 10.2 Å². The Morgan fingerprint density at radius 2 is 2.00 bits per heavy atom. The van der Waals surface area contributed by atoms with Crippen molar-refractivity contribution >= 4 is 0 Å². The highest BCUT2D eigenvalue weighted by Gasteiger charge is 2.33. The minimum atomic E-state index is 0.655. The van der Waals surface area contributed by atoms with Crippen molar-refractivity contribution in [3.63, 3.8) is 0 Å². The second kappa shape index (κ2) is 5.72. The molecule has 14 heavy (non-hydrogen) atoms. The van der Waals surface area contributed by atoms with E-state index in [1.54, 1.807) is 0 Å². The number of rotatable bonds is 7. The summed E-state index contributed by atoms with van der Waals surface area (Å²) in [4.78, 5) is 2.70. The lowest BCUT2D eigenvalue weighted by Gasteiger charge is -2.34. The Hall–Kier alpha value is -0.0800. The molecule has 0 saturated heterocycles. The van der Waals surface area contributed by atoms with E-state index in [-0.39, 0.29) is 0 Å². The van der Waals surface area contributed by atoms with Crippen LogP contribution < -0.4 is 5.32 Å². The largest absolute Gasteiger partial charge is 0.315 e. The van der Waals surface area contributed by atoms with E-state index < -0.39 is 0 Å². The lowest BCUT2D eigenvalue weighted by Crippen LogP contribution is -2.48. The SMILES string of the molecule is CCCN(C1CC1)C(C)C(CC)NC. The molecule has 0 aromatic carbocycles. The zero-order valence-corrected chi connectivity index (χ0v) is 10.2. The van der Waals surface area contributed by atoms with Gasteiger partial charge in [-0.1, -0.05) is 13.8 Å². The number of hydrogen-bond donors (Lipinski definition) is 1. The molecular formula is C12H26N2. The summed E-state index contributed by atoms with van der Waals surface area (Å²) in [6.07, 6.45) is 5.35. The van der Waals surface area contributed by atoms with Crippen LogP contribution in [0.2, 0.25) is 0 Å². The van der Waals surface area contributed by atoms with E-state index >= 15 is 0 Å². The maximum absolute atomic E-state index is 3.43. The predicted octanol–water partition coefficient (Wildman–Crippen LogP) is 2.25. The first kappa shape index (κ1) is 12.0. The summed E-state index contributed by atoms with van der Waals surface area (Å²) in [5.74, 6) is 0. The molecule has 2 atom stereocenters. The van der Waals surface area contributed by atoms with Crippen LogP contribution in [0.25, 0.3) is 0 Å². The summed E-state index contributed by atoms with van der Waals surface area (Å²) >= 11 is 0. The van der Waals surface area contributed by atoms with Crippen LogP contribution in [-0.2, 0) is 0 Å². The molecule has 2 nitrogen and oxygen atoms in total. The average molecular weight is 198 g/mol. The maximum atomic E-state index is 3.43. The Morgan fingerprint density at radius 1 is 1.36 bits per heavy atom. The van der Waals surface area contributed by atoms with Crippen LogP contribution in [0, 0.1) is 0 Å². The zero-order valence-electron chi connectivity index (χ0n) is 10.2. The van der Waals surface area contributed by atoms with Crippen LogP contribution in [0.5, 0.6) is 0 Å². The molecule has 1 rings (SSSR count). The van der Waals surface area contributed by atoms with Crippen molar-refractivity contribution in [2.75, 3.05) is 13.6 Å². The van der Waals surface area contributed by atoms with Crippen molar-refractivity contribution in [1.29, 1.82) is 0 Å². The van der Waals surface area contributed by atoms with Crippen molar-refractivity contribution in [2.24, 2.45) is 0 Å². The molecule has 1 N–H and O–H groups in total. The Balaban J connectivity index is 2.47. The van der Waals surface area contributed by atoms with Gasteiger partial charge in [0.2, 0.25) is 0 Å². The Bertz CT molecular complexity index is 150. The number of hydrogen-bond acceptors (Lipinski definition) is 2. The molecule has 1 aliphatic rings. The van der Waals surface area contributed by atoms with E-state index in [1.165, 1.54) is 32.2 Å². The van der Waals surface area contributed by atoms with Crippen LogP contribution in [0.4, 0.5) is 0 Å². The summed E-state index contributed by atoms with van der Waals surface area (Å²) < 4.78 is 0. The standard InChI is InChI=1S/C12H26N2/c1-5-9-14(11-7-8-11)10(3)12(6-2)13-4/h10-13H,5-9H2,1-4H3. The van der Waals surface area contributed by atoms with Gasteiger partial charge in [-0.25, -0.2) is 0 Å². The molecule has 0 spiro atoms. The Kier molecular flexibility index (Phi) is 4.90. The van der Waals surface area contributed by atoms with Crippen molar-refractivity contribution < 1.29 is 0 Å². The third kappa shape index (κ3) is 2.96. The molecule has 2 unspecified atom stereocenters. The molecule has 1 saturated carbocycles. The van der Waals surface area contributed by atoms with E-state index in [1.807, 2.05) is 0 Å². The van der Waals surface area contributed by atoms with Crippen LogP contribution in [0.15, 0.2) is 0 Å². The van der Waals surface area contributed by atoms with Crippen LogP contribution in [0.3, 0.4) is 0 Å². The van der Waals surface area contributed by atoms with Gasteiger partial charge in [0.1, 0.15) is 0 Å². The first-order valence-corrected chi connectivity index (χ1v) is 6.17. The van der Waals surface area contributed by atoms with E-state index in [0.29, 0.717) is 12.1 Å². The minimum absolute atomic E-state index is 0.655. The summed E-state index contributed by atoms with van der Waals surface area (Å²) in [5.41, 5.74) is 0. The van der Waals surface area contributed by atoms with Gasteiger partial charge < -0.3 is 5.32 Å². The molecule has 84 valence electrons. The van der Waals surface area contributed by atoms with E-state index in [9.17, 15) is 0 Å². The average Bonchev–Trinajstić information content (AvgIpc) is 2.99. The van der Waals surface area contributed by atoms with Gasteiger partial charge in [0.25, 0.3) is 0 Å². The van der Waals surface area contributed by atoms with Gasteiger partial charge in [-0.3, -0.25) is 4.90 Å². The normalized spacial score (nSPS) is 21.2. The Labute approximate surface area is 89.1 Å². The summed E-state index contributed by atoms with van der Waals surface area (Å²) in [6, 6.07) is 2.24. The van der Waals surface area contributed by atoms with Gasteiger partial charge in [0, 0.05) is 18.1 Å². The van der Waals surface area contributed by atoms with Crippen molar-refractivity contribution in [2.45, 2.75) is 64.6 Å². The smallest absolute Gasteiger partial charge is 0.0223 e. The van der Waals surface area contributed by atoms with E-state index in [4.69, 9.17) is 0 Å². The highest BCUT2D eigenvalue weighted by Crippen LogP contribution is 2.29. The van der Waals surface area contributed by atoms with Crippen LogP contribution >= 0.6 is 0 Å². The minimum Gasteiger partial charge on any atom is -0.315 e. The highest BCUT2D eigenvalue weighted by atomic mass is 15.2. The topological polar surface area (TPSA) is 15.3 Å².